The summed E-state index contributed by atoms with van der Waals surface area (Å²) in [4.78, 5) is 6.86. The zero-order chi connectivity index (χ0) is 11.9. The lowest BCUT2D eigenvalue weighted by Crippen LogP contribution is -2.30. The number of nitrogens with zero attached hydrogens (tertiary/aromatic N) is 2. The highest BCUT2D eigenvalue weighted by atomic mass is 79.9. The molecule has 3 nitrogen and oxygen atoms in total. The van der Waals surface area contributed by atoms with E-state index in [0.29, 0.717) is 0 Å². The Hall–Kier alpha value is -0.610. The van der Waals surface area contributed by atoms with Crippen LogP contribution in [-0.4, -0.2) is 36.1 Å². The van der Waals surface area contributed by atoms with Gasteiger partial charge in [0, 0.05) is 19.3 Å². The van der Waals surface area contributed by atoms with Crippen molar-refractivity contribution in [1.82, 2.24) is 9.88 Å². The topological polar surface area (TPSA) is 28.2 Å². The van der Waals surface area contributed by atoms with Gasteiger partial charge in [-0.2, -0.15) is 0 Å². The van der Waals surface area contributed by atoms with E-state index in [1.807, 2.05) is 18.3 Å². The molecule has 1 N–H and O–H groups in total. The minimum Gasteiger partial charge on any atom is -0.368 e. The van der Waals surface area contributed by atoms with Crippen LogP contribution in [0.1, 0.15) is 25.7 Å². The van der Waals surface area contributed by atoms with Crippen LogP contribution < -0.4 is 5.32 Å². The SMILES string of the molecule is Brc1cccnc1NCCN1CCCCCC1. The third kappa shape index (κ3) is 4.28. The maximum absolute atomic E-state index is 4.30. The van der Waals surface area contributed by atoms with Gasteiger partial charge in [-0.15, -0.1) is 0 Å². The second-order valence-corrected chi connectivity index (χ2v) is 5.37. The quantitative estimate of drug-likeness (QED) is 0.925. The molecule has 0 saturated carbocycles. The molecule has 94 valence electrons. The van der Waals surface area contributed by atoms with Crippen LogP contribution in [0.2, 0.25) is 0 Å². The number of rotatable bonds is 4. The minimum atomic E-state index is 0.947. The molecule has 1 fully saturated rings. The van der Waals surface area contributed by atoms with Crippen LogP contribution in [0.4, 0.5) is 5.82 Å². The summed E-state index contributed by atoms with van der Waals surface area (Å²) < 4.78 is 1.04. The molecule has 0 radical (unpaired) electrons. The summed E-state index contributed by atoms with van der Waals surface area (Å²) in [6, 6.07) is 3.95. The number of hydrogen-bond donors (Lipinski definition) is 1. The average molecular weight is 298 g/mol. The second kappa shape index (κ2) is 6.97. The molecule has 4 heteroatoms. The molecule has 2 heterocycles. The lowest BCUT2D eigenvalue weighted by molar-refractivity contribution is 0.296. The van der Waals surface area contributed by atoms with Crippen molar-refractivity contribution in [3.8, 4) is 0 Å². The van der Waals surface area contributed by atoms with Gasteiger partial charge in [-0.05, 0) is 54.0 Å². The van der Waals surface area contributed by atoms with Crippen molar-refractivity contribution in [1.29, 1.82) is 0 Å². The van der Waals surface area contributed by atoms with Gasteiger partial charge in [0.15, 0.2) is 0 Å². The lowest BCUT2D eigenvalue weighted by atomic mass is 10.2. The van der Waals surface area contributed by atoms with Crippen LogP contribution >= 0.6 is 15.9 Å². The van der Waals surface area contributed by atoms with Crippen molar-refractivity contribution in [3.63, 3.8) is 0 Å². The van der Waals surface area contributed by atoms with E-state index in [-0.39, 0.29) is 0 Å². The number of hydrogen-bond acceptors (Lipinski definition) is 3. The van der Waals surface area contributed by atoms with Crippen molar-refractivity contribution < 1.29 is 0 Å². The van der Waals surface area contributed by atoms with Crippen LogP contribution in [0.25, 0.3) is 0 Å². The van der Waals surface area contributed by atoms with E-state index in [1.165, 1.54) is 38.8 Å². The summed E-state index contributed by atoms with van der Waals surface area (Å²) >= 11 is 3.50. The zero-order valence-corrected chi connectivity index (χ0v) is 11.7. The Bertz CT molecular complexity index is 335. The molecule has 0 bridgehead atoms. The first-order valence-electron chi connectivity index (χ1n) is 6.43. The molecule has 0 aliphatic carbocycles. The molecule has 1 aromatic rings. The van der Waals surface area contributed by atoms with Gasteiger partial charge in [-0.3, -0.25) is 0 Å². The molecule has 1 saturated heterocycles. The number of aromatic nitrogens is 1. The molecule has 1 aromatic heterocycles. The van der Waals surface area contributed by atoms with Crippen molar-refractivity contribution >= 4 is 21.7 Å². The van der Waals surface area contributed by atoms with Crippen LogP contribution in [0.5, 0.6) is 0 Å². The summed E-state index contributed by atoms with van der Waals surface area (Å²) in [6.07, 6.45) is 7.32. The van der Waals surface area contributed by atoms with E-state index in [1.54, 1.807) is 0 Å². The number of likely N-dealkylation sites (tertiary alicyclic amines) is 1. The van der Waals surface area contributed by atoms with E-state index >= 15 is 0 Å². The van der Waals surface area contributed by atoms with Crippen LogP contribution in [0.3, 0.4) is 0 Å². The molecule has 17 heavy (non-hydrogen) atoms. The smallest absolute Gasteiger partial charge is 0.140 e. The Morgan fingerprint density at radius 2 is 2.00 bits per heavy atom. The Kier molecular flexibility index (Phi) is 5.26. The van der Waals surface area contributed by atoms with Gasteiger partial charge in [0.2, 0.25) is 0 Å². The second-order valence-electron chi connectivity index (χ2n) is 4.52. The summed E-state index contributed by atoms with van der Waals surface area (Å²) in [5.41, 5.74) is 0. The Balaban J connectivity index is 1.73. The van der Waals surface area contributed by atoms with Crippen molar-refractivity contribution in [2.75, 3.05) is 31.5 Å². The molecular weight excluding hydrogens is 278 g/mol. The van der Waals surface area contributed by atoms with Gasteiger partial charge in [-0.1, -0.05) is 12.8 Å². The third-order valence-electron chi connectivity index (χ3n) is 3.18. The summed E-state index contributed by atoms with van der Waals surface area (Å²) in [6.45, 7) is 4.59. The first-order chi connectivity index (χ1) is 8.36. The van der Waals surface area contributed by atoms with E-state index in [4.69, 9.17) is 0 Å². The Labute approximate surface area is 112 Å². The fraction of sp³-hybridized carbons (Fsp3) is 0.615. The maximum atomic E-state index is 4.30. The Morgan fingerprint density at radius 1 is 1.24 bits per heavy atom. The van der Waals surface area contributed by atoms with Gasteiger partial charge < -0.3 is 10.2 Å². The largest absolute Gasteiger partial charge is 0.368 e. The molecule has 0 aromatic carbocycles. The molecule has 1 aliphatic heterocycles. The fourth-order valence-corrected chi connectivity index (χ4v) is 2.60. The summed E-state index contributed by atoms with van der Waals surface area (Å²) in [7, 11) is 0. The molecule has 0 amide bonds. The van der Waals surface area contributed by atoms with Crippen molar-refractivity contribution in [3.05, 3.63) is 22.8 Å². The number of nitrogens with one attached hydrogen (secondary N) is 1. The monoisotopic (exact) mass is 297 g/mol. The highest BCUT2D eigenvalue weighted by molar-refractivity contribution is 9.10. The van der Waals surface area contributed by atoms with E-state index < -0.39 is 0 Å². The van der Waals surface area contributed by atoms with Crippen LogP contribution in [0, 0.1) is 0 Å². The maximum Gasteiger partial charge on any atom is 0.140 e. The minimum absolute atomic E-state index is 0.947. The predicted octanol–water partition coefficient (Wildman–Crippen LogP) is 3.13. The zero-order valence-electron chi connectivity index (χ0n) is 10.2. The standard InChI is InChI=1S/C13H20BrN3/c14-12-6-5-7-15-13(12)16-8-11-17-9-3-1-2-4-10-17/h5-7H,1-4,8-11H2,(H,15,16). The molecule has 2 rings (SSSR count). The van der Waals surface area contributed by atoms with Crippen LogP contribution in [-0.2, 0) is 0 Å². The van der Waals surface area contributed by atoms with Crippen molar-refractivity contribution in [2.24, 2.45) is 0 Å². The highest BCUT2D eigenvalue weighted by Crippen LogP contribution is 2.17. The van der Waals surface area contributed by atoms with Gasteiger partial charge in [0.1, 0.15) is 5.82 Å². The number of halogens is 1. The average Bonchev–Trinajstić information content (AvgIpc) is 2.60. The molecule has 0 atom stereocenters. The number of pyridine rings is 1. The van der Waals surface area contributed by atoms with Crippen molar-refractivity contribution in [2.45, 2.75) is 25.7 Å². The summed E-state index contributed by atoms with van der Waals surface area (Å²) in [5.74, 6) is 0.947. The van der Waals surface area contributed by atoms with E-state index in [0.717, 1.165) is 23.4 Å². The predicted molar refractivity (Wildman–Crippen MR) is 75.3 cm³/mol. The van der Waals surface area contributed by atoms with Gasteiger partial charge in [0.05, 0.1) is 4.47 Å². The highest BCUT2D eigenvalue weighted by Gasteiger charge is 2.08. The normalized spacial score (nSPS) is 17.7. The fourth-order valence-electron chi connectivity index (χ4n) is 2.21. The molecule has 0 spiro atoms. The van der Waals surface area contributed by atoms with Gasteiger partial charge in [0.25, 0.3) is 0 Å². The first-order valence-corrected chi connectivity index (χ1v) is 7.22. The van der Waals surface area contributed by atoms with Crippen LogP contribution in [0.15, 0.2) is 22.8 Å². The third-order valence-corrected chi connectivity index (χ3v) is 3.82. The van der Waals surface area contributed by atoms with E-state index in [9.17, 15) is 0 Å². The first kappa shape index (κ1) is 12.8. The summed E-state index contributed by atoms with van der Waals surface area (Å²) in [5, 5.41) is 3.38. The van der Waals surface area contributed by atoms with E-state index in [2.05, 4.69) is 31.1 Å². The molecular formula is C13H20BrN3. The number of anilines is 1. The Morgan fingerprint density at radius 3 is 2.71 bits per heavy atom. The van der Waals surface area contributed by atoms with Gasteiger partial charge in [-0.25, -0.2) is 4.98 Å². The molecule has 1 aliphatic rings. The van der Waals surface area contributed by atoms with Gasteiger partial charge >= 0.3 is 0 Å². The lowest BCUT2D eigenvalue weighted by Gasteiger charge is -2.20. The molecule has 0 unspecified atom stereocenters.